The van der Waals surface area contributed by atoms with E-state index in [1.807, 2.05) is 0 Å². The third-order valence-electron chi connectivity index (χ3n) is 3.16. The molecule has 1 aromatic heterocycles. The van der Waals surface area contributed by atoms with Crippen LogP contribution in [0.25, 0.3) is 0 Å². The standard InChI is InChI=1S/C18H19FN4O4/c1-18(2,3)27-17(26)20-10-15(24)23-14-9-22-21-8-12(14)16(25)11-6-4-5-7-13(11)19/h4-9H,10H2,1-3H3,(H,20,26)(H,21,23,24). The van der Waals surface area contributed by atoms with Gasteiger partial charge in [0.25, 0.3) is 0 Å². The molecule has 1 aromatic carbocycles. The van der Waals surface area contributed by atoms with Crippen LogP contribution in [0.2, 0.25) is 0 Å². The summed E-state index contributed by atoms with van der Waals surface area (Å²) < 4.78 is 18.9. The van der Waals surface area contributed by atoms with Gasteiger partial charge in [-0.3, -0.25) is 9.59 Å². The van der Waals surface area contributed by atoms with Gasteiger partial charge in [0.1, 0.15) is 18.0 Å². The molecule has 0 saturated carbocycles. The van der Waals surface area contributed by atoms with Gasteiger partial charge in [0, 0.05) is 0 Å². The number of aromatic nitrogens is 2. The third kappa shape index (κ3) is 5.84. The molecule has 0 aliphatic rings. The number of halogens is 1. The van der Waals surface area contributed by atoms with Gasteiger partial charge in [-0.1, -0.05) is 12.1 Å². The molecule has 0 bridgehead atoms. The number of hydrogen-bond donors (Lipinski definition) is 2. The fraction of sp³-hybridized carbons (Fsp3) is 0.278. The Bertz CT molecular complexity index is 864. The molecule has 9 heteroatoms. The first kappa shape index (κ1) is 20.0. The van der Waals surface area contributed by atoms with Gasteiger partial charge in [0.15, 0.2) is 5.78 Å². The van der Waals surface area contributed by atoms with Crippen LogP contribution in [-0.2, 0) is 9.53 Å². The lowest BCUT2D eigenvalue weighted by Gasteiger charge is -2.19. The number of anilines is 1. The molecule has 0 fully saturated rings. The first-order valence-corrected chi connectivity index (χ1v) is 8.04. The summed E-state index contributed by atoms with van der Waals surface area (Å²) in [5, 5.41) is 12.0. The van der Waals surface area contributed by atoms with E-state index in [1.165, 1.54) is 24.4 Å². The van der Waals surface area contributed by atoms with Crippen LogP contribution in [0.1, 0.15) is 36.7 Å². The van der Waals surface area contributed by atoms with Crippen LogP contribution in [-0.4, -0.2) is 40.1 Å². The maximum atomic E-state index is 13.9. The molecule has 0 unspecified atom stereocenters. The molecule has 1 heterocycles. The smallest absolute Gasteiger partial charge is 0.408 e. The minimum absolute atomic E-state index is 0.0271. The zero-order valence-corrected chi connectivity index (χ0v) is 15.1. The number of nitrogens with zero attached hydrogens (tertiary/aromatic N) is 2. The average molecular weight is 374 g/mol. The highest BCUT2D eigenvalue weighted by Crippen LogP contribution is 2.19. The Balaban J connectivity index is 2.08. The van der Waals surface area contributed by atoms with Crippen molar-refractivity contribution in [2.45, 2.75) is 26.4 Å². The van der Waals surface area contributed by atoms with E-state index < -0.39 is 29.2 Å². The molecular formula is C18H19FN4O4. The Labute approximate surface area is 155 Å². The van der Waals surface area contributed by atoms with Crippen molar-refractivity contribution in [3.63, 3.8) is 0 Å². The first-order chi connectivity index (χ1) is 12.7. The number of carbonyl (C=O) groups is 3. The fourth-order valence-electron chi connectivity index (χ4n) is 2.05. The van der Waals surface area contributed by atoms with Gasteiger partial charge in [-0.05, 0) is 32.9 Å². The topological polar surface area (TPSA) is 110 Å². The lowest BCUT2D eigenvalue weighted by atomic mass is 10.0. The van der Waals surface area contributed by atoms with Crippen molar-refractivity contribution >= 4 is 23.5 Å². The first-order valence-electron chi connectivity index (χ1n) is 8.04. The number of amides is 2. The predicted octanol–water partition coefficient (Wildman–Crippen LogP) is 2.31. The summed E-state index contributed by atoms with van der Waals surface area (Å²) in [6.45, 7) is 4.69. The molecule has 0 atom stereocenters. The molecule has 27 heavy (non-hydrogen) atoms. The highest BCUT2D eigenvalue weighted by molar-refractivity contribution is 6.13. The van der Waals surface area contributed by atoms with E-state index in [4.69, 9.17) is 4.74 Å². The highest BCUT2D eigenvalue weighted by Gasteiger charge is 2.20. The Morgan fingerprint density at radius 3 is 2.41 bits per heavy atom. The Kier molecular flexibility index (Phi) is 6.17. The SMILES string of the molecule is CC(C)(C)OC(=O)NCC(=O)Nc1cnncc1C(=O)c1ccccc1F. The molecule has 2 rings (SSSR count). The number of ketones is 1. The number of benzene rings is 1. The summed E-state index contributed by atoms with van der Waals surface area (Å²) >= 11 is 0. The minimum Gasteiger partial charge on any atom is -0.444 e. The van der Waals surface area contributed by atoms with E-state index in [1.54, 1.807) is 20.8 Å². The van der Waals surface area contributed by atoms with Crippen LogP contribution in [0.15, 0.2) is 36.7 Å². The van der Waals surface area contributed by atoms with Crippen molar-refractivity contribution in [1.82, 2.24) is 15.5 Å². The van der Waals surface area contributed by atoms with Crippen LogP contribution in [0.4, 0.5) is 14.9 Å². The summed E-state index contributed by atoms with van der Waals surface area (Å²) in [5.74, 6) is -1.96. The average Bonchev–Trinajstić information content (AvgIpc) is 2.59. The van der Waals surface area contributed by atoms with Crippen LogP contribution >= 0.6 is 0 Å². The van der Waals surface area contributed by atoms with Gasteiger partial charge in [-0.25, -0.2) is 9.18 Å². The van der Waals surface area contributed by atoms with Gasteiger partial charge in [0.05, 0.1) is 29.2 Å². The van der Waals surface area contributed by atoms with Crippen molar-refractivity contribution in [1.29, 1.82) is 0 Å². The molecule has 0 spiro atoms. The molecule has 0 radical (unpaired) electrons. The molecule has 142 valence electrons. The zero-order chi connectivity index (χ0) is 20.0. The lowest BCUT2D eigenvalue weighted by Crippen LogP contribution is -2.37. The van der Waals surface area contributed by atoms with E-state index in [0.717, 1.165) is 12.3 Å². The molecular weight excluding hydrogens is 355 g/mol. The number of alkyl carbamates (subject to hydrolysis) is 1. The van der Waals surface area contributed by atoms with E-state index in [0.29, 0.717) is 0 Å². The highest BCUT2D eigenvalue weighted by atomic mass is 19.1. The van der Waals surface area contributed by atoms with E-state index >= 15 is 0 Å². The largest absolute Gasteiger partial charge is 0.444 e. The number of nitrogens with one attached hydrogen (secondary N) is 2. The molecule has 2 N–H and O–H groups in total. The number of rotatable bonds is 5. The lowest BCUT2D eigenvalue weighted by molar-refractivity contribution is -0.115. The summed E-state index contributed by atoms with van der Waals surface area (Å²) in [7, 11) is 0. The van der Waals surface area contributed by atoms with Gasteiger partial charge < -0.3 is 15.4 Å². The molecule has 0 aliphatic carbocycles. The van der Waals surface area contributed by atoms with Crippen molar-refractivity contribution < 1.29 is 23.5 Å². The van der Waals surface area contributed by atoms with E-state index in [-0.39, 0.29) is 23.4 Å². The van der Waals surface area contributed by atoms with Crippen molar-refractivity contribution in [3.05, 3.63) is 53.6 Å². The van der Waals surface area contributed by atoms with E-state index in [9.17, 15) is 18.8 Å². The van der Waals surface area contributed by atoms with E-state index in [2.05, 4.69) is 20.8 Å². The van der Waals surface area contributed by atoms with Crippen molar-refractivity contribution in [2.24, 2.45) is 0 Å². The normalized spacial score (nSPS) is 10.8. The van der Waals surface area contributed by atoms with Crippen molar-refractivity contribution in [2.75, 3.05) is 11.9 Å². The fourth-order valence-corrected chi connectivity index (χ4v) is 2.05. The van der Waals surface area contributed by atoms with Crippen LogP contribution < -0.4 is 10.6 Å². The zero-order valence-electron chi connectivity index (χ0n) is 15.1. The predicted molar refractivity (Wildman–Crippen MR) is 94.7 cm³/mol. The minimum atomic E-state index is -0.756. The van der Waals surface area contributed by atoms with Crippen LogP contribution in [0.3, 0.4) is 0 Å². The quantitative estimate of drug-likeness (QED) is 0.777. The van der Waals surface area contributed by atoms with Gasteiger partial charge in [0.2, 0.25) is 5.91 Å². The Morgan fingerprint density at radius 1 is 1.07 bits per heavy atom. The van der Waals surface area contributed by atoms with Gasteiger partial charge >= 0.3 is 6.09 Å². The molecule has 0 saturated heterocycles. The van der Waals surface area contributed by atoms with Crippen molar-refractivity contribution in [3.8, 4) is 0 Å². The number of carbonyl (C=O) groups excluding carboxylic acids is 3. The second-order valence-electron chi connectivity index (χ2n) is 6.53. The number of ether oxygens (including phenoxy) is 1. The monoisotopic (exact) mass is 374 g/mol. The third-order valence-corrected chi connectivity index (χ3v) is 3.16. The summed E-state index contributed by atoms with van der Waals surface area (Å²) in [6, 6.07) is 5.47. The molecule has 2 amide bonds. The summed E-state index contributed by atoms with van der Waals surface area (Å²) in [4.78, 5) is 36.2. The second kappa shape index (κ2) is 8.35. The van der Waals surface area contributed by atoms with Gasteiger partial charge in [-0.2, -0.15) is 10.2 Å². The Morgan fingerprint density at radius 2 is 1.74 bits per heavy atom. The number of hydrogen-bond acceptors (Lipinski definition) is 6. The van der Waals surface area contributed by atoms with Gasteiger partial charge in [-0.15, -0.1) is 0 Å². The van der Waals surface area contributed by atoms with Crippen LogP contribution in [0, 0.1) is 5.82 Å². The summed E-state index contributed by atoms with van der Waals surface area (Å²) in [6.07, 6.45) is 1.54. The summed E-state index contributed by atoms with van der Waals surface area (Å²) in [5.41, 5.74) is -0.836. The maximum Gasteiger partial charge on any atom is 0.408 e. The van der Waals surface area contributed by atoms with Crippen LogP contribution in [0.5, 0.6) is 0 Å². The molecule has 8 nitrogen and oxygen atoms in total. The molecule has 0 aliphatic heterocycles. The Hall–Kier alpha value is -3.36. The second-order valence-corrected chi connectivity index (χ2v) is 6.53. The maximum absolute atomic E-state index is 13.9. The molecule has 2 aromatic rings.